The van der Waals surface area contributed by atoms with Crippen molar-refractivity contribution in [1.29, 1.82) is 0 Å². The van der Waals surface area contributed by atoms with E-state index in [1.165, 1.54) is 23.9 Å². The van der Waals surface area contributed by atoms with E-state index < -0.39 is 10.0 Å². The van der Waals surface area contributed by atoms with Crippen LogP contribution in [0.3, 0.4) is 0 Å². The summed E-state index contributed by atoms with van der Waals surface area (Å²) in [7, 11) is -3.74. The number of hydrogen-bond acceptors (Lipinski definition) is 4. The first-order valence-electron chi connectivity index (χ1n) is 8.61. The third-order valence-corrected chi connectivity index (χ3v) is 6.51. The molecule has 0 atom stereocenters. The summed E-state index contributed by atoms with van der Waals surface area (Å²) in [5.41, 5.74) is 1.84. The van der Waals surface area contributed by atoms with Crippen LogP contribution < -0.4 is 10.0 Å². The van der Waals surface area contributed by atoms with Crippen LogP contribution in [0.2, 0.25) is 0 Å². The van der Waals surface area contributed by atoms with Gasteiger partial charge in [0, 0.05) is 4.90 Å². The van der Waals surface area contributed by atoms with Crippen molar-refractivity contribution in [3.63, 3.8) is 0 Å². The zero-order chi connectivity index (χ0) is 20.0. The van der Waals surface area contributed by atoms with Crippen molar-refractivity contribution in [2.24, 2.45) is 0 Å². The minimum Gasteiger partial charge on any atom is -0.324 e. The number of nitrogens with one attached hydrogen (secondary N) is 2. The van der Waals surface area contributed by atoms with Crippen molar-refractivity contribution >= 4 is 39.1 Å². The van der Waals surface area contributed by atoms with Crippen LogP contribution in [0.25, 0.3) is 0 Å². The monoisotopic (exact) mass is 412 g/mol. The van der Waals surface area contributed by atoms with E-state index in [1.807, 2.05) is 31.2 Å². The SMILES string of the molecule is Cc1ccccc1SCC(=O)Nc1ccccc1NS(=O)(=O)c1ccccc1. The van der Waals surface area contributed by atoms with E-state index in [9.17, 15) is 13.2 Å². The molecule has 0 fully saturated rings. The molecule has 0 bridgehead atoms. The lowest BCUT2D eigenvalue weighted by Crippen LogP contribution is -2.18. The molecule has 3 aromatic carbocycles. The van der Waals surface area contributed by atoms with E-state index >= 15 is 0 Å². The smallest absolute Gasteiger partial charge is 0.261 e. The minimum absolute atomic E-state index is 0.159. The van der Waals surface area contributed by atoms with Gasteiger partial charge in [-0.2, -0.15) is 0 Å². The fourth-order valence-corrected chi connectivity index (χ4v) is 4.46. The van der Waals surface area contributed by atoms with Gasteiger partial charge in [0.1, 0.15) is 0 Å². The van der Waals surface area contributed by atoms with Crippen LogP contribution in [0.15, 0.2) is 88.7 Å². The molecule has 0 saturated carbocycles. The van der Waals surface area contributed by atoms with Crippen LogP contribution in [-0.4, -0.2) is 20.1 Å². The molecule has 5 nitrogen and oxygen atoms in total. The maximum Gasteiger partial charge on any atom is 0.261 e. The second kappa shape index (κ2) is 8.95. The molecule has 7 heteroatoms. The van der Waals surface area contributed by atoms with Crippen LogP contribution in [0.4, 0.5) is 11.4 Å². The van der Waals surface area contributed by atoms with Crippen molar-refractivity contribution in [3.8, 4) is 0 Å². The molecule has 3 aromatic rings. The molecular weight excluding hydrogens is 392 g/mol. The summed E-state index contributed by atoms with van der Waals surface area (Å²) in [5, 5.41) is 2.79. The third kappa shape index (κ3) is 5.15. The maximum atomic E-state index is 12.6. The van der Waals surface area contributed by atoms with Gasteiger partial charge >= 0.3 is 0 Å². The Kier molecular flexibility index (Phi) is 6.38. The van der Waals surface area contributed by atoms with Crippen LogP contribution in [-0.2, 0) is 14.8 Å². The molecule has 0 aliphatic carbocycles. The maximum absolute atomic E-state index is 12.6. The normalized spacial score (nSPS) is 11.0. The van der Waals surface area contributed by atoms with Gasteiger partial charge in [-0.25, -0.2) is 8.42 Å². The number of aryl methyl sites for hydroxylation is 1. The van der Waals surface area contributed by atoms with E-state index in [-0.39, 0.29) is 16.6 Å². The Bertz CT molecular complexity index is 1070. The number of anilines is 2. The van der Waals surface area contributed by atoms with Gasteiger partial charge in [-0.1, -0.05) is 48.5 Å². The lowest BCUT2D eigenvalue weighted by atomic mass is 10.2. The number of sulfonamides is 1. The molecule has 0 unspecified atom stereocenters. The van der Waals surface area contributed by atoms with E-state index in [0.29, 0.717) is 11.4 Å². The summed E-state index contributed by atoms with van der Waals surface area (Å²) < 4.78 is 27.7. The quantitative estimate of drug-likeness (QED) is 0.559. The molecule has 3 rings (SSSR count). The Morgan fingerprint density at radius 2 is 1.46 bits per heavy atom. The summed E-state index contributed by atoms with van der Waals surface area (Å²) in [6.07, 6.45) is 0. The fourth-order valence-electron chi connectivity index (χ4n) is 2.53. The third-order valence-electron chi connectivity index (χ3n) is 3.95. The zero-order valence-electron chi connectivity index (χ0n) is 15.3. The Morgan fingerprint density at radius 1 is 0.857 bits per heavy atom. The first-order valence-corrected chi connectivity index (χ1v) is 11.1. The molecule has 0 saturated heterocycles. The standard InChI is InChI=1S/C21H20N2O3S2/c1-16-9-5-8-14-20(16)27-15-21(24)22-18-12-6-7-13-19(18)23-28(25,26)17-10-3-2-4-11-17/h2-14,23H,15H2,1H3,(H,22,24). The van der Waals surface area contributed by atoms with Crippen molar-refractivity contribution in [1.82, 2.24) is 0 Å². The van der Waals surface area contributed by atoms with Gasteiger partial charge in [-0.05, 0) is 42.8 Å². The fraction of sp³-hybridized carbons (Fsp3) is 0.0952. The highest BCUT2D eigenvalue weighted by Gasteiger charge is 2.16. The van der Waals surface area contributed by atoms with Gasteiger partial charge in [0.2, 0.25) is 5.91 Å². The lowest BCUT2D eigenvalue weighted by molar-refractivity contribution is -0.113. The number of amides is 1. The van der Waals surface area contributed by atoms with E-state index in [4.69, 9.17) is 0 Å². The number of carbonyl (C=O) groups excluding carboxylic acids is 1. The number of hydrogen-bond donors (Lipinski definition) is 2. The van der Waals surface area contributed by atoms with Gasteiger partial charge in [0.15, 0.2) is 0 Å². The number of thioether (sulfide) groups is 1. The first-order chi connectivity index (χ1) is 13.5. The highest BCUT2D eigenvalue weighted by atomic mass is 32.2. The molecule has 0 spiro atoms. The van der Waals surface area contributed by atoms with Crippen molar-refractivity contribution < 1.29 is 13.2 Å². The molecule has 0 aliphatic rings. The van der Waals surface area contributed by atoms with Crippen molar-refractivity contribution in [2.75, 3.05) is 15.8 Å². The van der Waals surface area contributed by atoms with Gasteiger partial charge in [0.05, 0.1) is 22.0 Å². The average molecular weight is 413 g/mol. The summed E-state index contributed by atoms with van der Waals surface area (Å²) >= 11 is 1.44. The summed E-state index contributed by atoms with van der Waals surface area (Å²) in [5.74, 6) is 0.0181. The highest BCUT2D eigenvalue weighted by Crippen LogP contribution is 2.26. The molecular formula is C21H20N2O3S2. The highest BCUT2D eigenvalue weighted by molar-refractivity contribution is 8.00. The van der Waals surface area contributed by atoms with Crippen LogP contribution in [0.5, 0.6) is 0 Å². The topological polar surface area (TPSA) is 75.3 Å². The summed E-state index contributed by atoms with van der Waals surface area (Å²) in [6.45, 7) is 1.99. The van der Waals surface area contributed by atoms with E-state index in [2.05, 4.69) is 10.0 Å². The zero-order valence-corrected chi connectivity index (χ0v) is 16.9. The number of benzene rings is 3. The van der Waals surface area contributed by atoms with Gasteiger partial charge < -0.3 is 5.32 Å². The molecule has 0 heterocycles. The van der Waals surface area contributed by atoms with Gasteiger partial charge in [0.25, 0.3) is 10.0 Å². The minimum atomic E-state index is -3.74. The lowest BCUT2D eigenvalue weighted by Gasteiger charge is -2.13. The van der Waals surface area contributed by atoms with Crippen molar-refractivity contribution in [3.05, 3.63) is 84.4 Å². The molecule has 144 valence electrons. The molecule has 0 aromatic heterocycles. The molecule has 28 heavy (non-hydrogen) atoms. The van der Waals surface area contributed by atoms with Gasteiger partial charge in [-0.15, -0.1) is 11.8 Å². The number of rotatable bonds is 7. The van der Waals surface area contributed by atoms with E-state index in [0.717, 1.165) is 10.5 Å². The Morgan fingerprint density at radius 3 is 2.18 bits per heavy atom. The number of para-hydroxylation sites is 2. The predicted molar refractivity (Wildman–Crippen MR) is 114 cm³/mol. The van der Waals surface area contributed by atoms with Crippen molar-refractivity contribution in [2.45, 2.75) is 16.7 Å². The predicted octanol–water partition coefficient (Wildman–Crippen LogP) is 4.53. The molecule has 2 N–H and O–H groups in total. The second-order valence-electron chi connectivity index (χ2n) is 6.07. The molecule has 0 radical (unpaired) electrons. The first kappa shape index (κ1) is 20.0. The Hall–Kier alpha value is -2.77. The number of carbonyl (C=O) groups is 1. The van der Waals surface area contributed by atoms with Crippen LogP contribution >= 0.6 is 11.8 Å². The van der Waals surface area contributed by atoms with E-state index in [1.54, 1.807) is 42.5 Å². The largest absolute Gasteiger partial charge is 0.324 e. The Balaban J connectivity index is 1.70. The molecule has 1 amide bonds. The second-order valence-corrected chi connectivity index (χ2v) is 8.77. The van der Waals surface area contributed by atoms with Gasteiger partial charge in [-0.3, -0.25) is 9.52 Å². The van der Waals surface area contributed by atoms with Crippen LogP contribution in [0, 0.1) is 6.92 Å². The summed E-state index contributed by atoms with van der Waals surface area (Å²) in [4.78, 5) is 13.6. The van der Waals surface area contributed by atoms with Crippen LogP contribution in [0.1, 0.15) is 5.56 Å². The Labute approximate surface area is 169 Å². The molecule has 0 aliphatic heterocycles. The average Bonchev–Trinajstić information content (AvgIpc) is 2.69. The summed E-state index contributed by atoms with van der Waals surface area (Å²) in [6, 6.07) is 22.7.